The van der Waals surface area contributed by atoms with Crippen molar-refractivity contribution in [3.05, 3.63) is 35.9 Å². The molecule has 2 nitrogen and oxygen atoms in total. The summed E-state index contributed by atoms with van der Waals surface area (Å²) in [6.07, 6.45) is 8.33. The Morgan fingerprint density at radius 3 is 2.57 bits per heavy atom. The van der Waals surface area contributed by atoms with Crippen LogP contribution >= 0.6 is 0 Å². The van der Waals surface area contributed by atoms with E-state index in [1.54, 1.807) is 0 Å². The molecule has 2 aliphatic carbocycles. The Hall–Kier alpha value is -1.44. The van der Waals surface area contributed by atoms with Gasteiger partial charge in [0.2, 0.25) is 0 Å². The Kier molecular flexibility index (Phi) is 3.73. The van der Waals surface area contributed by atoms with Gasteiger partial charge in [0, 0.05) is 16.9 Å². The van der Waals surface area contributed by atoms with Gasteiger partial charge in [0.25, 0.3) is 0 Å². The van der Waals surface area contributed by atoms with E-state index in [2.05, 4.69) is 6.92 Å². The topological polar surface area (TPSA) is 34.1 Å². The number of rotatable bonds is 3. The van der Waals surface area contributed by atoms with Crippen LogP contribution in [0.5, 0.6) is 0 Å². The minimum atomic E-state index is -0.265. The number of benzene rings is 1. The molecule has 0 spiro atoms. The number of Topliss-reactive ketones (excluding diaryl/α,β-unsaturated/α-hetero) is 1. The number of hydrogen-bond acceptors (Lipinski definition) is 2. The highest BCUT2D eigenvalue weighted by atomic mass is 16.1. The maximum atomic E-state index is 12.7. The third-order valence-corrected chi connectivity index (χ3v) is 6.11. The van der Waals surface area contributed by atoms with Crippen molar-refractivity contribution in [3.8, 4) is 0 Å². The first-order valence-electron chi connectivity index (χ1n) is 8.16. The van der Waals surface area contributed by atoms with Gasteiger partial charge in [-0.05, 0) is 37.5 Å². The summed E-state index contributed by atoms with van der Waals surface area (Å²) in [5.74, 6) is 0.244. The molecular formula is C19H24O2. The van der Waals surface area contributed by atoms with E-state index in [0.717, 1.165) is 44.1 Å². The molecule has 0 aliphatic heterocycles. The lowest BCUT2D eigenvalue weighted by Gasteiger charge is -2.54. The van der Waals surface area contributed by atoms with E-state index < -0.39 is 0 Å². The summed E-state index contributed by atoms with van der Waals surface area (Å²) in [4.78, 5) is 24.6. The molecule has 21 heavy (non-hydrogen) atoms. The SMILES string of the molecule is C[C@]12CCCC[C@]1(C=O)C[C@H](C(=O)c1ccccc1)CC2. The van der Waals surface area contributed by atoms with Crippen molar-refractivity contribution in [1.29, 1.82) is 0 Å². The Balaban J connectivity index is 1.85. The highest BCUT2D eigenvalue weighted by Crippen LogP contribution is 2.59. The van der Waals surface area contributed by atoms with Crippen LogP contribution in [0.15, 0.2) is 30.3 Å². The quantitative estimate of drug-likeness (QED) is 0.607. The first kappa shape index (κ1) is 14.5. The average molecular weight is 284 g/mol. The van der Waals surface area contributed by atoms with Gasteiger partial charge in [-0.25, -0.2) is 0 Å². The molecule has 0 heterocycles. The van der Waals surface area contributed by atoms with Crippen molar-refractivity contribution in [1.82, 2.24) is 0 Å². The summed E-state index contributed by atoms with van der Waals surface area (Å²) < 4.78 is 0. The molecule has 2 saturated carbocycles. The predicted molar refractivity (Wildman–Crippen MR) is 83.2 cm³/mol. The number of carbonyl (C=O) groups excluding carboxylic acids is 2. The van der Waals surface area contributed by atoms with Gasteiger partial charge in [0.15, 0.2) is 5.78 Å². The number of carbonyl (C=O) groups is 2. The summed E-state index contributed by atoms with van der Waals surface area (Å²) in [6.45, 7) is 2.27. The first-order valence-corrected chi connectivity index (χ1v) is 8.16. The molecule has 2 heteroatoms. The lowest BCUT2D eigenvalue weighted by molar-refractivity contribution is -0.133. The van der Waals surface area contributed by atoms with Gasteiger partial charge in [-0.2, -0.15) is 0 Å². The van der Waals surface area contributed by atoms with E-state index >= 15 is 0 Å². The van der Waals surface area contributed by atoms with E-state index in [1.165, 1.54) is 12.7 Å². The molecule has 2 aliphatic rings. The lowest BCUT2D eigenvalue weighted by atomic mass is 9.49. The van der Waals surface area contributed by atoms with Gasteiger partial charge in [-0.15, -0.1) is 0 Å². The number of hydrogen-bond donors (Lipinski definition) is 0. The summed E-state index contributed by atoms with van der Waals surface area (Å²) in [7, 11) is 0. The molecule has 3 atom stereocenters. The Morgan fingerprint density at radius 2 is 1.86 bits per heavy atom. The van der Waals surface area contributed by atoms with Crippen molar-refractivity contribution in [2.45, 2.75) is 51.9 Å². The number of ketones is 1. The second-order valence-electron chi connectivity index (χ2n) is 7.21. The fourth-order valence-corrected chi connectivity index (χ4v) is 4.57. The van der Waals surface area contributed by atoms with Crippen molar-refractivity contribution in [2.75, 3.05) is 0 Å². The molecule has 112 valence electrons. The molecule has 0 aromatic heterocycles. The molecular weight excluding hydrogens is 260 g/mol. The first-order chi connectivity index (χ1) is 10.1. The molecule has 0 saturated heterocycles. The van der Waals surface area contributed by atoms with Crippen LogP contribution in [0.1, 0.15) is 62.2 Å². The summed E-state index contributed by atoms with van der Waals surface area (Å²) in [5, 5.41) is 0. The van der Waals surface area contributed by atoms with Crippen LogP contribution in [0, 0.1) is 16.7 Å². The van der Waals surface area contributed by atoms with Gasteiger partial charge >= 0.3 is 0 Å². The maximum absolute atomic E-state index is 12.7. The van der Waals surface area contributed by atoms with Crippen LogP contribution in [0.3, 0.4) is 0 Å². The standard InChI is InChI=1S/C19H24O2/c1-18-10-5-6-11-19(18,14-20)13-16(9-12-18)17(21)15-7-3-2-4-8-15/h2-4,7-8,14,16H,5-6,9-13H2,1H3/t16-,18-,19-/m1/s1. The molecule has 0 bridgehead atoms. The molecule has 2 fully saturated rings. The Labute approximate surface area is 126 Å². The predicted octanol–water partition coefficient (Wildman–Crippen LogP) is 4.44. The van der Waals surface area contributed by atoms with Crippen molar-refractivity contribution in [2.24, 2.45) is 16.7 Å². The van der Waals surface area contributed by atoms with Crippen LogP contribution in [0.25, 0.3) is 0 Å². The van der Waals surface area contributed by atoms with Gasteiger partial charge in [0.05, 0.1) is 0 Å². The van der Waals surface area contributed by atoms with Gasteiger partial charge in [-0.3, -0.25) is 4.79 Å². The van der Waals surface area contributed by atoms with E-state index in [4.69, 9.17) is 0 Å². The summed E-state index contributed by atoms with van der Waals surface area (Å²) >= 11 is 0. The molecule has 0 amide bonds. The van der Waals surface area contributed by atoms with Crippen molar-refractivity contribution >= 4 is 12.1 Å². The van der Waals surface area contributed by atoms with E-state index in [0.29, 0.717) is 0 Å². The largest absolute Gasteiger partial charge is 0.303 e. The van der Waals surface area contributed by atoms with Crippen molar-refractivity contribution < 1.29 is 9.59 Å². The zero-order valence-corrected chi connectivity index (χ0v) is 12.8. The fraction of sp³-hybridized carbons (Fsp3) is 0.579. The molecule has 3 rings (SSSR count). The molecule has 1 aromatic carbocycles. The Bertz CT molecular complexity index is 536. The second-order valence-corrected chi connectivity index (χ2v) is 7.21. The Morgan fingerprint density at radius 1 is 1.14 bits per heavy atom. The molecule has 0 radical (unpaired) electrons. The highest BCUT2D eigenvalue weighted by Gasteiger charge is 2.53. The van der Waals surface area contributed by atoms with Crippen LogP contribution in [0.2, 0.25) is 0 Å². The summed E-state index contributed by atoms with van der Waals surface area (Å²) in [5.41, 5.74) is 0.641. The molecule has 0 unspecified atom stereocenters. The average Bonchev–Trinajstić information content (AvgIpc) is 2.54. The third-order valence-electron chi connectivity index (χ3n) is 6.11. The van der Waals surface area contributed by atoms with Crippen LogP contribution < -0.4 is 0 Å². The third kappa shape index (κ3) is 2.35. The van der Waals surface area contributed by atoms with E-state index in [9.17, 15) is 9.59 Å². The highest BCUT2D eigenvalue weighted by molar-refractivity contribution is 5.98. The second kappa shape index (κ2) is 5.40. The molecule has 0 N–H and O–H groups in total. The smallest absolute Gasteiger partial charge is 0.165 e. The zero-order valence-electron chi connectivity index (χ0n) is 12.8. The van der Waals surface area contributed by atoms with Crippen molar-refractivity contribution in [3.63, 3.8) is 0 Å². The van der Waals surface area contributed by atoms with Gasteiger partial charge in [-0.1, -0.05) is 50.1 Å². The summed E-state index contributed by atoms with van der Waals surface area (Å²) in [6, 6.07) is 9.55. The van der Waals surface area contributed by atoms with Crippen LogP contribution in [0.4, 0.5) is 0 Å². The normalized spacial score (nSPS) is 35.8. The van der Waals surface area contributed by atoms with Gasteiger partial charge in [0.1, 0.15) is 6.29 Å². The fourth-order valence-electron chi connectivity index (χ4n) is 4.57. The van der Waals surface area contributed by atoms with E-state index in [1.807, 2.05) is 30.3 Å². The molecule has 1 aromatic rings. The monoisotopic (exact) mass is 284 g/mol. The number of aldehydes is 1. The minimum absolute atomic E-state index is 0.0174. The van der Waals surface area contributed by atoms with Gasteiger partial charge < -0.3 is 4.79 Å². The minimum Gasteiger partial charge on any atom is -0.303 e. The number of fused-ring (bicyclic) bond motifs is 1. The zero-order chi connectivity index (χ0) is 14.9. The van der Waals surface area contributed by atoms with Crippen LogP contribution in [-0.4, -0.2) is 12.1 Å². The maximum Gasteiger partial charge on any atom is 0.165 e. The van der Waals surface area contributed by atoms with Crippen LogP contribution in [-0.2, 0) is 4.79 Å². The van der Waals surface area contributed by atoms with E-state index in [-0.39, 0.29) is 22.5 Å². The lowest BCUT2D eigenvalue weighted by Crippen LogP contribution is -2.49.